The van der Waals surface area contributed by atoms with Gasteiger partial charge in [0.2, 0.25) is 5.88 Å². The number of hydrogen-bond donors (Lipinski definition) is 1. The molecule has 0 aliphatic rings. The molecule has 1 unspecified atom stereocenters. The highest BCUT2D eigenvalue weighted by Crippen LogP contribution is 2.22. The number of nitrogens with zero attached hydrogens (tertiary/aromatic N) is 1. The standard InChI is InChI=1S/C16H16ClNO3/c1-2-21-15-5-3-4-14(18-15)13(16(19)20)10-11-6-8-12(17)9-7-11/h3-9,13H,2,10H2,1H3,(H,19,20). The predicted molar refractivity (Wildman–Crippen MR) is 80.9 cm³/mol. The number of pyridine rings is 1. The van der Waals surface area contributed by atoms with Gasteiger partial charge in [0.05, 0.1) is 12.3 Å². The Morgan fingerprint density at radius 1 is 1.29 bits per heavy atom. The van der Waals surface area contributed by atoms with Crippen molar-refractivity contribution in [3.05, 3.63) is 58.7 Å². The van der Waals surface area contributed by atoms with E-state index in [1.807, 2.05) is 19.1 Å². The summed E-state index contributed by atoms with van der Waals surface area (Å²) < 4.78 is 5.32. The molecule has 0 saturated carbocycles. The van der Waals surface area contributed by atoms with E-state index >= 15 is 0 Å². The summed E-state index contributed by atoms with van der Waals surface area (Å²) in [5.41, 5.74) is 1.39. The average Bonchev–Trinajstić information content (AvgIpc) is 2.47. The summed E-state index contributed by atoms with van der Waals surface area (Å²) in [6.07, 6.45) is 0.356. The Labute approximate surface area is 128 Å². The lowest BCUT2D eigenvalue weighted by molar-refractivity contribution is -0.138. The van der Waals surface area contributed by atoms with Crippen molar-refractivity contribution >= 4 is 17.6 Å². The smallest absolute Gasteiger partial charge is 0.312 e. The van der Waals surface area contributed by atoms with Gasteiger partial charge in [-0.15, -0.1) is 0 Å². The molecule has 0 spiro atoms. The first-order chi connectivity index (χ1) is 10.1. The van der Waals surface area contributed by atoms with Crippen LogP contribution in [-0.4, -0.2) is 22.7 Å². The van der Waals surface area contributed by atoms with Crippen molar-refractivity contribution in [2.24, 2.45) is 0 Å². The molecule has 0 radical (unpaired) electrons. The minimum atomic E-state index is -0.911. The van der Waals surface area contributed by atoms with Gasteiger partial charge in [-0.05, 0) is 37.1 Å². The zero-order valence-corrected chi connectivity index (χ0v) is 12.4. The van der Waals surface area contributed by atoms with Crippen molar-refractivity contribution in [1.29, 1.82) is 0 Å². The molecule has 21 heavy (non-hydrogen) atoms. The third-order valence-electron chi connectivity index (χ3n) is 3.05. The largest absolute Gasteiger partial charge is 0.481 e. The molecule has 1 N–H and O–H groups in total. The second kappa shape index (κ2) is 7.09. The first-order valence-corrected chi connectivity index (χ1v) is 7.05. The molecule has 2 rings (SSSR count). The van der Waals surface area contributed by atoms with E-state index in [1.165, 1.54) is 0 Å². The number of rotatable bonds is 6. The number of aromatic nitrogens is 1. The number of benzene rings is 1. The molecule has 1 aromatic carbocycles. The van der Waals surface area contributed by atoms with E-state index in [0.29, 0.717) is 29.6 Å². The number of carboxylic acids is 1. The normalized spacial score (nSPS) is 11.9. The van der Waals surface area contributed by atoms with E-state index in [-0.39, 0.29) is 0 Å². The lowest BCUT2D eigenvalue weighted by atomic mass is 9.96. The van der Waals surface area contributed by atoms with E-state index < -0.39 is 11.9 Å². The molecule has 0 fully saturated rings. The molecule has 0 amide bonds. The van der Waals surface area contributed by atoms with Gasteiger partial charge in [-0.3, -0.25) is 4.79 Å². The Morgan fingerprint density at radius 3 is 2.62 bits per heavy atom. The summed E-state index contributed by atoms with van der Waals surface area (Å²) in [4.78, 5) is 15.8. The molecule has 0 bridgehead atoms. The minimum absolute atomic E-state index is 0.356. The quantitative estimate of drug-likeness (QED) is 0.886. The number of carbonyl (C=O) groups is 1. The molecular weight excluding hydrogens is 290 g/mol. The number of hydrogen-bond acceptors (Lipinski definition) is 3. The van der Waals surface area contributed by atoms with Crippen LogP contribution in [0.4, 0.5) is 0 Å². The summed E-state index contributed by atoms with van der Waals surface area (Å²) >= 11 is 5.84. The van der Waals surface area contributed by atoms with Gasteiger partial charge in [0.1, 0.15) is 5.92 Å². The fourth-order valence-electron chi connectivity index (χ4n) is 2.03. The number of aliphatic carboxylic acids is 1. The van der Waals surface area contributed by atoms with Gasteiger partial charge in [-0.25, -0.2) is 4.98 Å². The summed E-state index contributed by atoms with van der Waals surface area (Å²) in [7, 11) is 0. The van der Waals surface area contributed by atoms with Crippen LogP contribution < -0.4 is 4.74 Å². The van der Waals surface area contributed by atoms with E-state index in [1.54, 1.807) is 30.3 Å². The Hall–Kier alpha value is -2.07. The molecule has 4 nitrogen and oxygen atoms in total. The fraction of sp³-hybridized carbons (Fsp3) is 0.250. The highest BCUT2D eigenvalue weighted by molar-refractivity contribution is 6.30. The predicted octanol–water partition coefficient (Wildman–Crippen LogP) is 3.54. The van der Waals surface area contributed by atoms with Gasteiger partial charge in [0, 0.05) is 11.1 Å². The van der Waals surface area contributed by atoms with Gasteiger partial charge < -0.3 is 9.84 Å². The van der Waals surface area contributed by atoms with Gasteiger partial charge in [0.25, 0.3) is 0 Å². The molecule has 0 aliphatic carbocycles. The lowest BCUT2D eigenvalue weighted by Gasteiger charge is -2.13. The molecule has 0 saturated heterocycles. The van der Waals surface area contributed by atoms with Gasteiger partial charge in [-0.1, -0.05) is 29.8 Å². The van der Waals surface area contributed by atoms with Crippen molar-refractivity contribution in [1.82, 2.24) is 4.98 Å². The van der Waals surface area contributed by atoms with Crippen LogP contribution >= 0.6 is 11.6 Å². The Kier molecular flexibility index (Phi) is 5.17. The highest BCUT2D eigenvalue weighted by Gasteiger charge is 2.22. The maximum Gasteiger partial charge on any atom is 0.312 e. The molecule has 1 atom stereocenters. The van der Waals surface area contributed by atoms with Crippen LogP contribution in [0.25, 0.3) is 0 Å². The topological polar surface area (TPSA) is 59.4 Å². The van der Waals surface area contributed by atoms with Gasteiger partial charge in [0.15, 0.2) is 0 Å². The van der Waals surface area contributed by atoms with Crippen molar-refractivity contribution in [2.45, 2.75) is 19.3 Å². The number of carboxylic acid groups (broad SMARTS) is 1. The van der Waals surface area contributed by atoms with E-state index in [2.05, 4.69) is 4.98 Å². The van der Waals surface area contributed by atoms with Crippen LogP contribution in [0.3, 0.4) is 0 Å². The molecule has 1 aromatic heterocycles. The third kappa shape index (κ3) is 4.20. The van der Waals surface area contributed by atoms with Crippen LogP contribution in [0.2, 0.25) is 5.02 Å². The van der Waals surface area contributed by atoms with Crippen molar-refractivity contribution < 1.29 is 14.6 Å². The monoisotopic (exact) mass is 305 g/mol. The second-order valence-corrected chi connectivity index (χ2v) is 4.99. The lowest BCUT2D eigenvalue weighted by Crippen LogP contribution is -2.16. The molecular formula is C16H16ClNO3. The zero-order chi connectivity index (χ0) is 15.2. The molecule has 5 heteroatoms. The van der Waals surface area contributed by atoms with Crippen LogP contribution in [0.15, 0.2) is 42.5 Å². The number of ether oxygens (including phenoxy) is 1. The fourth-order valence-corrected chi connectivity index (χ4v) is 2.15. The SMILES string of the molecule is CCOc1cccc(C(Cc2ccc(Cl)cc2)C(=O)O)n1. The Bertz CT molecular complexity index is 613. The average molecular weight is 306 g/mol. The Morgan fingerprint density at radius 2 is 2.00 bits per heavy atom. The van der Waals surface area contributed by atoms with Crippen LogP contribution in [0, 0.1) is 0 Å². The van der Waals surface area contributed by atoms with Gasteiger partial charge >= 0.3 is 5.97 Å². The van der Waals surface area contributed by atoms with Crippen LogP contribution in [-0.2, 0) is 11.2 Å². The minimum Gasteiger partial charge on any atom is -0.481 e. The second-order valence-electron chi connectivity index (χ2n) is 4.56. The first-order valence-electron chi connectivity index (χ1n) is 6.67. The molecule has 2 aromatic rings. The summed E-state index contributed by atoms with van der Waals surface area (Å²) in [5, 5.41) is 10.1. The molecule has 1 heterocycles. The highest BCUT2D eigenvalue weighted by atomic mass is 35.5. The van der Waals surface area contributed by atoms with Crippen molar-refractivity contribution in [3.8, 4) is 5.88 Å². The zero-order valence-electron chi connectivity index (χ0n) is 11.6. The number of halogens is 1. The maximum absolute atomic E-state index is 11.5. The third-order valence-corrected chi connectivity index (χ3v) is 3.30. The van der Waals surface area contributed by atoms with E-state index in [4.69, 9.17) is 16.3 Å². The maximum atomic E-state index is 11.5. The van der Waals surface area contributed by atoms with E-state index in [9.17, 15) is 9.90 Å². The van der Waals surface area contributed by atoms with Crippen molar-refractivity contribution in [2.75, 3.05) is 6.61 Å². The summed E-state index contributed by atoms with van der Waals surface area (Å²) in [5.74, 6) is -1.19. The van der Waals surface area contributed by atoms with Gasteiger partial charge in [-0.2, -0.15) is 0 Å². The molecule has 0 aliphatic heterocycles. The van der Waals surface area contributed by atoms with Crippen LogP contribution in [0.1, 0.15) is 24.1 Å². The van der Waals surface area contributed by atoms with E-state index in [0.717, 1.165) is 5.56 Å². The first kappa shape index (κ1) is 15.3. The van der Waals surface area contributed by atoms with Crippen molar-refractivity contribution in [3.63, 3.8) is 0 Å². The Balaban J connectivity index is 2.24. The molecule has 110 valence electrons. The summed E-state index contributed by atoms with van der Waals surface area (Å²) in [6, 6.07) is 12.3. The van der Waals surface area contributed by atoms with Crippen LogP contribution in [0.5, 0.6) is 5.88 Å². The summed E-state index contributed by atoms with van der Waals surface area (Å²) in [6.45, 7) is 2.35.